The maximum absolute atomic E-state index is 10.7. The van der Waals surface area contributed by atoms with Gasteiger partial charge in [0.05, 0.1) is 15.9 Å². The van der Waals surface area contributed by atoms with E-state index in [0.29, 0.717) is 6.54 Å². The summed E-state index contributed by atoms with van der Waals surface area (Å²) in [6, 6.07) is -0.563. The van der Waals surface area contributed by atoms with E-state index in [9.17, 15) is 4.79 Å². The summed E-state index contributed by atoms with van der Waals surface area (Å²) in [4.78, 5) is 10.7. The second-order valence-electron chi connectivity index (χ2n) is 3.60. The first-order valence-electron chi connectivity index (χ1n) is 5.15. The maximum Gasteiger partial charge on any atom is 0.320 e. The number of carboxylic acids is 1. The molecule has 0 aliphatic heterocycles. The summed E-state index contributed by atoms with van der Waals surface area (Å²) in [5.41, 5.74) is 1.90. The zero-order valence-electron chi connectivity index (χ0n) is 9.62. The highest BCUT2D eigenvalue weighted by Gasteiger charge is 2.15. The van der Waals surface area contributed by atoms with E-state index in [0.717, 1.165) is 22.4 Å². The molecule has 0 fully saturated rings. The molecular weight excluding hydrogens is 274 g/mol. The topological polar surface area (TPSA) is 67.2 Å². The van der Waals surface area contributed by atoms with Gasteiger partial charge in [-0.1, -0.05) is 0 Å². The van der Waals surface area contributed by atoms with Crippen molar-refractivity contribution in [1.82, 2.24) is 15.1 Å². The highest BCUT2D eigenvalue weighted by atomic mass is 79.9. The SMILES string of the molecule is CCn1nc(C)c(Br)c1CNC(C)C(=O)O. The Hall–Kier alpha value is -0.880. The minimum Gasteiger partial charge on any atom is -0.480 e. The first-order valence-corrected chi connectivity index (χ1v) is 5.94. The van der Waals surface area contributed by atoms with Gasteiger partial charge in [0.2, 0.25) is 0 Å². The maximum atomic E-state index is 10.7. The van der Waals surface area contributed by atoms with Crippen LogP contribution >= 0.6 is 15.9 Å². The predicted molar refractivity (Wildman–Crippen MR) is 64.3 cm³/mol. The molecule has 1 atom stereocenters. The van der Waals surface area contributed by atoms with Gasteiger partial charge >= 0.3 is 5.97 Å². The molecule has 1 rings (SSSR count). The third-order valence-corrected chi connectivity index (χ3v) is 3.43. The van der Waals surface area contributed by atoms with Crippen LogP contribution in [0.5, 0.6) is 0 Å². The van der Waals surface area contributed by atoms with E-state index in [-0.39, 0.29) is 0 Å². The molecule has 1 aromatic heterocycles. The molecular formula is C10H16BrN3O2. The number of rotatable bonds is 5. The summed E-state index contributed by atoms with van der Waals surface area (Å²) in [5.74, 6) is -0.851. The van der Waals surface area contributed by atoms with Gasteiger partial charge < -0.3 is 5.11 Å². The van der Waals surface area contributed by atoms with E-state index in [1.54, 1.807) is 6.92 Å². The monoisotopic (exact) mass is 289 g/mol. The molecule has 1 unspecified atom stereocenters. The number of hydrogen-bond acceptors (Lipinski definition) is 3. The number of aryl methyl sites for hydroxylation is 2. The first kappa shape index (κ1) is 13.2. The lowest BCUT2D eigenvalue weighted by Gasteiger charge is -2.10. The summed E-state index contributed by atoms with van der Waals surface area (Å²) >= 11 is 3.46. The third-order valence-electron chi connectivity index (χ3n) is 2.40. The van der Waals surface area contributed by atoms with Crippen LogP contribution in [0.2, 0.25) is 0 Å². The number of nitrogens with zero attached hydrogens (tertiary/aromatic N) is 2. The van der Waals surface area contributed by atoms with E-state index in [2.05, 4.69) is 26.3 Å². The molecule has 0 aromatic carbocycles. The van der Waals surface area contributed by atoms with Gasteiger partial charge in [-0.25, -0.2) is 0 Å². The van der Waals surface area contributed by atoms with Crippen LogP contribution in [0.4, 0.5) is 0 Å². The molecule has 2 N–H and O–H groups in total. The van der Waals surface area contributed by atoms with Crippen LogP contribution in [0, 0.1) is 6.92 Å². The van der Waals surface area contributed by atoms with Crippen LogP contribution in [0.15, 0.2) is 4.47 Å². The number of hydrogen-bond donors (Lipinski definition) is 2. The molecule has 0 radical (unpaired) electrons. The Labute approximate surface area is 103 Å². The highest BCUT2D eigenvalue weighted by molar-refractivity contribution is 9.10. The third kappa shape index (κ3) is 2.82. The van der Waals surface area contributed by atoms with Crippen molar-refractivity contribution in [1.29, 1.82) is 0 Å². The molecule has 16 heavy (non-hydrogen) atoms. The average molecular weight is 290 g/mol. The molecule has 1 aromatic rings. The van der Waals surface area contributed by atoms with Crippen LogP contribution in [-0.4, -0.2) is 26.9 Å². The molecule has 0 aliphatic carbocycles. The second-order valence-corrected chi connectivity index (χ2v) is 4.40. The summed E-state index contributed by atoms with van der Waals surface area (Å²) in [7, 11) is 0. The quantitative estimate of drug-likeness (QED) is 0.863. The zero-order chi connectivity index (χ0) is 12.3. The number of carboxylic acid groups (broad SMARTS) is 1. The molecule has 6 heteroatoms. The fourth-order valence-electron chi connectivity index (χ4n) is 1.37. The lowest BCUT2D eigenvalue weighted by molar-refractivity contribution is -0.139. The number of aliphatic carboxylic acids is 1. The number of nitrogens with one attached hydrogen (secondary N) is 1. The Morgan fingerprint density at radius 3 is 2.81 bits per heavy atom. The van der Waals surface area contributed by atoms with Crippen molar-refractivity contribution in [3.8, 4) is 0 Å². The molecule has 1 heterocycles. The van der Waals surface area contributed by atoms with Crippen LogP contribution < -0.4 is 5.32 Å². The van der Waals surface area contributed by atoms with Gasteiger partial charge in [-0.3, -0.25) is 14.8 Å². The van der Waals surface area contributed by atoms with Crippen molar-refractivity contribution in [3.63, 3.8) is 0 Å². The van der Waals surface area contributed by atoms with Gasteiger partial charge in [-0.15, -0.1) is 0 Å². The van der Waals surface area contributed by atoms with Crippen molar-refractivity contribution in [3.05, 3.63) is 15.9 Å². The van der Waals surface area contributed by atoms with Crippen LogP contribution in [0.25, 0.3) is 0 Å². The van der Waals surface area contributed by atoms with Crippen molar-refractivity contribution < 1.29 is 9.90 Å². The van der Waals surface area contributed by atoms with E-state index >= 15 is 0 Å². The lowest BCUT2D eigenvalue weighted by Crippen LogP contribution is -2.33. The highest BCUT2D eigenvalue weighted by Crippen LogP contribution is 2.20. The number of aromatic nitrogens is 2. The Kier molecular flexibility index (Phi) is 4.49. The summed E-state index contributed by atoms with van der Waals surface area (Å²) in [5, 5.41) is 16.0. The number of carbonyl (C=O) groups is 1. The molecule has 0 saturated heterocycles. The largest absolute Gasteiger partial charge is 0.480 e. The van der Waals surface area contributed by atoms with Crippen molar-refractivity contribution in [2.24, 2.45) is 0 Å². The molecule has 5 nitrogen and oxygen atoms in total. The Morgan fingerprint density at radius 2 is 2.31 bits per heavy atom. The summed E-state index contributed by atoms with van der Waals surface area (Å²) < 4.78 is 2.81. The van der Waals surface area contributed by atoms with Gasteiger partial charge in [0.25, 0.3) is 0 Å². The number of halogens is 1. The lowest BCUT2D eigenvalue weighted by atomic mass is 10.3. The fraction of sp³-hybridized carbons (Fsp3) is 0.600. The Balaban J connectivity index is 2.76. The Bertz CT molecular complexity index is 390. The van der Waals surface area contributed by atoms with Gasteiger partial charge in [0, 0.05) is 13.1 Å². The van der Waals surface area contributed by atoms with Crippen LogP contribution in [-0.2, 0) is 17.9 Å². The van der Waals surface area contributed by atoms with E-state index in [4.69, 9.17) is 5.11 Å². The molecule has 0 amide bonds. The van der Waals surface area contributed by atoms with Crippen molar-refractivity contribution >= 4 is 21.9 Å². The van der Waals surface area contributed by atoms with E-state index in [1.165, 1.54) is 0 Å². The smallest absolute Gasteiger partial charge is 0.320 e. The van der Waals surface area contributed by atoms with Gasteiger partial charge in [0.15, 0.2) is 0 Å². The first-order chi connectivity index (χ1) is 7.47. The van der Waals surface area contributed by atoms with Gasteiger partial charge in [-0.2, -0.15) is 5.10 Å². The van der Waals surface area contributed by atoms with E-state index in [1.807, 2.05) is 18.5 Å². The molecule has 0 bridgehead atoms. The van der Waals surface area contributed by atoms with Gasteiger partial charge in [-0.05, 0) is 36.7 Å². The fourth-order valence-corrected chi connectivity index (χ4v) is 1.80. The molecule has 90 valence electrons. The minimum absolute atomic E-state index is 0.489. The average Bonchev–Trinajstić information content (AvgIpc) is 2.51. The molecule has 0 spiro atoms. The standard InChI is InChI=1S/C10H16BrN3O2/c1-4-14-8(9(11)6(2)13-14)5-12-7(3)10(15)16/h7,12H,4-5H2,1-3H3,(H,15,16). The van der Waals surface area contributed by atoms with E-state index < -0.39 is 12.0 Å². The van der Waals surface area contributed by atoms with Crippen LogP contribution in [0.3, 0.4) is 0 Å². The predicted octanol–water partition coefficient (Wildman–Crippen LogP) is 1.54. The minimum atomic E-state index is -0.851. The zero-order valence-corrected chi connectivity index (χ0v) is 11.2. The van der Waals surface area contributed by atoms with Crippen molar-refractivity contribution in [2.75, 3.05) is 0 Å². The Morgan fingerprint density at radius 1 is 1.69 bits per heavy atom. The normalized spacial score (nSPS) is 12.8. The van der Waals surface area contributed by atoms with Gasteiger partial charge in [0.1, 0.15) is 6.04 Å². The summed E-state index contributed by atoms with van der Waals surface area (Å²) in [6.07, 6.45) is 0. The second kappa shape index (κ2) is 5.45. The van der Waals surface area contributed by atoms with Crippen molar-refractivity contribution in [2.45, 2.75) is 39.9 Å². The molecule has 0 aliphatic rings. The summed E-state index contributed by atoms with van der Waals surface area (Å²) in [6.45, 7) is 6.80. The molecule has 0 saturated carbocycles. The van der Waals surface area contributed by atoms with Crippen LogP contribution in [0.1, 0.15) is 25.2 Å².